The van der Waals surface area contributed by atoms with Gasteiger partial charge in [-0.2, -0.15) is 0 Å². The molecule has 0 saturated carbocycles. The number of amides is 1. The highest BCUT2D eigenvalue weighted by atomic mass is 32.2. The maximum Gasteiger partial charge on any atom is 0.269 e. The SMILES string of the molecule is COc1ccc(-n2c(SCC(=O)Nc3ccc([N+](=O)[O-])cc3)nnc2-c2ccc(O)cc2)cc1. The smallest absolute Gasteiger partial charge is 0.269 e. The summed E-state index contributed by atoms with van der Waals surface area (Å²) in [5, 5.41) is 32.2. The van der Waals surface area contributed by atoms with Gasteiger partial charge in [0.15, 0.2) is 11.0 Å². The number of phenolic OH excluding ortho intramolecular Hbond substituents is 1. The van der Waals surface area contributed by atoms with E-state index in [4.69, 9.17) is 4.74 Å². The number of carbonyl (C=O) groups is 1. The molecule has 3 aromatic carbocycles. The fraction of sp³-hybridized carbons (Fsp3) is 0.0870. The second-order valence-corrected chi connectivity index (χ2v) is 7.97. The molecule has 0 atom stereocenters. The number of benzene rings is 3. The number of nitro groups is 1. The average molecular weight is 478 g/mol. The van der Waals surface area contributed by atoms with Gasteiger partial charge in [0, 0.05) is 29.1 Å². The summed E-state index contributed by atoms with van der Waals surface area (Å²) in [6.07, 6.45) is 0. The summed E-state index contributed by atoms with van der Waals surface area (Å²) >= 11 is 1.19. The fourth-order valence-corrected chi connectivity index (χ4v) is 3.87. The molecule has 0 unspecified atom stereocenters. The van der Waals surface area contributed by atoms with Crippen molar-refractivity contribution in [2.24, 2.45) is 0 Å². The van der Waals surface area contributed by atoms with Crippen LogP contribution in [0.2, 0.25) is 0 Å². The van der Waals surface area contributed by atoms with Crippen LogP contribution >= 0.6 is 11.8 Å². The predicted molar refractivity (Wildman–Crippen MR) is 127 cm³/mol. The molecule has 0 aliphatic carbocycles. The zero-order valence-corrected chi connectivity index (χ0v) is 18.7. The normalized spacial score (nSPS) is 10.6. The van der Waals surface area contributed by atoms with Crippen LogP contribution in [0.15, 0.2) is 78.0 Å². The first-order valence-corrected chi connectivity index (χ1v) is 11.0. The molecule has 0 bridgehead atoms. The number of aromatic hydroxyl groups is 1. The number of nitro benzene ring substituents is 1. The summed E-state index contributed by atoms with van der Waals surface area (Å²) in [5.41, 5.74) is 1.91. The van der Waals surface area contributed by atoms with Gasteiger partial charge >= 0.3 is 0 Å². The minimum atomic E-state index is -0.501. The van der Waals surface area contributed by atoms with Crippen LogP contribution in [0.3, 0.4) is 0 Å². The molecular weight excluding hydrogens is 458 g/mol. The maximum absolute atomic E-state index is 12.5. The fourth-order valence-electron chi connectivity index (χ4n) is 3.12. The molecule has 0 fully saturated rings. The van der Waals surface area contributed by atoms with Crippen LogP contribution in [0.5, 0.6) is 11.5 Å². The van der Waals surface area contributed by atoms with Crippen molar-refractivity contribution in [1.29, 1.82) is 0 Å². The molecule has 0 radical (unpaired) electrons. The molecule has 11 heteroatoms. The first-order chi connectivity index (χ1) is 16.4. The Bertz CT molecular complexity index is 1310. The number of hydrogen-bond acceptors (Lipinski definition) is 8. The van der Waals surface area contributed by atoms with Gasteiger partial charge in [0.25, 0.3) is 5.69 Å². The van der Waals surface area contributed by atoms with E-state index >= 15 is 0 Å². The molecule has 1 heterocycles. The molecule has 0 aliphatic heterocycles. The highest BCUT2D eigenvalue weighted by molar-refractivity contribution is 7.99. The Morgan fingerprint density at radius 3 is 2.35 bits per heavy atom. The lowest BCUT2D eigenvalue weighted by Crippen LogP contribution is -2.14. The first-order valence-electron chi connectivity index (χ1n) is 10.0. The van der Waals surface area contributed by atoms with Crippen molar-refractivity contribution in [3.63, 3.8) is 0 Å². The number of rotatable bonds is 8. The monoisotopic (exact) mass is 477 g/mol. The molecule has 2 N–H and O–H groups in total. The van der Waals surface area contributed by atoms with Gasteiger partial charge in [-0.05, 0) is 60.7 Å². The number of anilines is 1. The molecular formula is C23H19N5O5S. The van der Waals surface area contributed by atoms with Gasteiger partial charge in [0.1, 0.15) is 11.5 Å². The van der Waals surface area contributed by atoms with Gasteiger partial charge in [0.2, 0.25) is 5.91 Å². The van der Waals surface area contributed by atoms with E-state index in [-0.39, 0.29) is 23.1 Å². The molecule has 10 nitrogen and oxygen atoms in total. The van der Waals surface area contributed by atoms with Crippen molar-refractivity contribution in [2.45, 2.75) is 5.16 Å². The third-order valence-electron chi connectivity index (χ3n) is 4.78. The number of hydrogen-bond donors (Lipinski definition) is 2. The molecule has 172 valence electrons. The van der Waals surface area contributed by atoms with E-state index < -0.39 is 4.92 Å². The minimum absolute atomic E-state index is 0.0425. The molecule has 0 saturated heterocycles. The van der Waals surface area contributed by atoms with E-state index in [0.29, 0.717) is 22.4 Å². The van der Waals surface area contributed by atoms with Crippen molar-refractivity contribution in [3.8, 4) is 28.6 Å². The van der Waals surface area contributed by atoms with Crippen LogP contribution in [-0.4, -0.2) is 43.6 Å². The summed E-state index contributed by atoms with van der Waals surface area (Å²) in [7, 11) is 1.58. The van der Waals surface area contributed by atoms with Crippen LogP contribution in [0.4, 0.5) is 11.4 Å². The van der Waals surface area contributed by atoms with E-state index in [1.165, 1.54) is 36.0 Å². The zero-order chi connectivity index (χ0) is 24.1. The van der Waals surface area contributed by atoms with Gasteiger partial charge in [-0.3, -0.25) is 19.5 Å². The predicted octanol–water partition coefficient (Wildman–Crippen LogP) is 4.29. The Labute approximate surface area is 198 Å². The highest BCUT2D eigenvalue weighted by Crippen LogP contribution is 2.30. The van der Waals surface area contributed by atoms with E-state index in [1.54, 1.807) is 31.4 Å². The molecule has 0 aliphatic rings. The Balaban J connectivity index is 1.56. The van der Waals surface area contributed by atoms with Crippen LogP contribution in [-0.2, 0) is 4.79 Å². The minimum Gasteiger partial charge on any atom is -0.508 e. The number of carbonyl (C=O) groups excluding carboxylic acids is 1. The van der Waals surface area contributed by atoms with Crippen molar-refractivity contribution >= 4 is 29.0 Å². The number of non-ortho nitro benzene ring substituents is 1. The van der Waals surface area contributed by atoms with Crippen LogP contribution < -0.4 is 10.1 Å². The van der Waals surface area contributed by atoms with Gasteiger partial charge < -0.3 is 15.2 Å². The lowest BCUT2D eigenvalue weighted by Gasteiger charge is -2.11. The van der Waals surface area contributed by atoms with Crippen molar-refractivity contribution in [2.75, 3.05) is 18.2 Å². The number of phenols is 1. The molecule has 1 aromatic heterocycles. The van der Waals surface area contributed by atoms with Crippen LogP contribution in [0.1, 0.15) is 0 Å². The van der Waals surface area contributed by atoms with Gasteiger partial charge in [-0.15, -0.1) is 10.2 Å². The topological polar surface area (TPSA) is 132 Å². The van der Waals surface area contributed by atoms with Gasteiger partial charge in [-0.25, -0.2) is 0 Å². The maximum atomic E-state index is 12.5. The number of nitrogens with zero attached hydrogens (tertiary/aromatic N) is 4. The number of aromatic nitrogens is 3. The summed E-state index contributed by atoms with van der Waals surface area (Å²) in [6, 6.07) is 19.5. The molecule has 1 amide bonds. The third kappa shape index (κ3) is 5.15. The van der Waals surface area contributed by atoms with Crippen molar-refractivity contribution in [3.05, 3.63) is 82.9 Å². The highest BCUT2D eigenvalue weighted by Gasteiger charge is 2.18. The summed E-state index contributed by atoms with van der Waals surface area (Å²) in [6.45, 7) is 0. The Morgan fingerprint density at radius 1 is 1.06 bits per heavy atom. The molecule has 0 spiro atoms. The quantitative estimate of drug-likeness (QED) is 0.218. The molecule has 4 aromatic rings. The van der Waals surface area contributed by atoms with Crippen molar-refractivity contribution in [1.82, 2.24) is 14.8 Å². The van der Waals surface area contributed by atoms with Crippen LogP contribution in [0, 0.1) is 10.1 Å². The standard InChI is InChI=1S/C23H19N5O5S/c1-33-20-12-8-17(9-13-20)27-22(15-2-10-19(29)11-3-15)25-26-23(27)34-14-21(30)24-16-4-6-18(7-5-16)28(31)32/h2-13,29H,14H2,1H3,(H,24,30). The number of ether oxygens (including phenoxy) is 1. The number of nitrogens with one attached hydrogen (secondary N) is 1. The molecule has 4 rings (SSSR count). The second kappa shape index (κ2) is 10.0. The third-order valence-corrected chi connectivity index (χ3v) is 5.71. The summed E-state index contributed by atoms with van der Waals surface area (Å²) in [5.74, 6) is 1.12. The second-order valence-electron chi connectivity index (χ2n) is 7.03. The van der Waals surface area contributed by atoms with Gasteiger partial charge in [0.05, 0.1) is 17.8 Å². The van der Waals surface area contributed by atoms with E-state index in [2.05, 4.69) is 15.5 Å². The van der Waals surface area contributed by atoms with Gasteiger partial charge in [-0.1, -0.05) is 11.8 Å². The van der Waals surface area contributed by atoms with E-state index in [0.717, 1.165) is 11.3 Å². The summed E-state index contributed by atoms with van der Waals surface area (Å²) in [4.78, 5) is 22.8. The Hall–Kier alpha value is -4.38. The Morgan fingerprint density at radius 2 is 1.74 bits per heavy atom. The van der Waals surface area contributed by atoms with E-state index in [1.807, 2.05) is 28.8 Å². The van der Waals surface area contributed by atoms with Crippen LogP contribution in [0.25, 0.3) is 17.1 Å². The number of thioether (sulfide) groups is 1. The lowest BCUT2D eigenvalue weighted by molar-refractivity contribution is -0.384. The number of methoxy groups -OCH3 is 1. The van der Waals surface area contributed by atoms with Crippen molar-refractivity contribution < 1.29 is 19.6 Å². The first kappa shape index (κ1) is 22.8. The largest absolute Gasteiger partial charge is 0.508 e. The zero-order valence-electron chi connectivity index (χ0n) is 17.9. The molecule has 34 heavy (non-hydrogen) atoms. The van der Waals surface area contributed by atoms with E-state index in [9.17, 15) is 20.0 Å². The summed E-state index contributed by atoms with van der Waals surface area (Å²) < 4.78 is 7.05. The lowest BCUT2D eigenvalue weighted by atomic mass is 10.2. The Kier molecular flexibility index (Phi) is 6.74. The average Bonchev–Trinajstić information content (AvgIpc) is 3.27.